The summed E-state index contributed by atoms with van der Waals surface area (Å²) in [5, 5.41) is 3.25. The number of hydroxylamine groups is 1. The molecule has 2 N–H and O–H groups in total. The van der Waals surface area contributed by atoms with Gasteiger partial charge in [-0.05, 0) is 37.7 Å². The van der Waals surface area contributed by atoms with E-state index in [0.29, 0.717) is 11.8 Å². The molecular weight excluding hydrogens is 290 g/mol. The second-order valence-corrected chi connectivity index (χ2v) is 7.88. The van der Waals surface area contributed by atoms with Gasteiger partial charge in [-0.3, -0.25) is 9.69 Å². The lowest BCUT2D eigenvalue weighted by molar-refractivity contribution is -0.124. The number of carbonyl (C=O) groups excluding carboxylic acids is 1. The molecule has 1 amide bonds. The van der Waals surface area contributed by atoms with Gasteiger partial charge in [-0.2, -0.15) is 0 Å². The summed E-state index contributed by atoms with van der Waals surface area (Å²) in [4.78, 5) is 20.6. The fraction of sp³-hybridized carbons (Fsp3) is 0.833. The predicted molar refractivity (Wildman–Crippen MR) is 88.4 cm³/mol. The van der Waals surface area contributed by atoms with Crippen LogP contribution in [0.1, 0.15) is 51.9 Å². The summed E-state index contributed by atoms with van der Waals surface area (Å²) in [7, 11) is 0. The summed E-state index contributed by atoms with van der Waals surface area (Å²) in [6, 6.07) is 0.688. The van der Waals surface area contributed by atoms with E-state index >= 15 is 0 Å². The highest BCUT2D eigenvalue weighted by Gasteiger charge is 2.38. The van der Waals surface area contributed by atoms with Gasteiger partial charge in [-0.1, -0.05) is 26.2 Å². The van der Waals surface area contributed by atoms with Crippen molar-refractivity contribution in [1.29, 1.82) is 0 Å². The van der Waals surface area contributed by atoms with E-state index in [4.69, 9.17) is 4.84 Å². The second-order valence-electron chi connectivity index (χ2n) is 7.88. The van der Waals surface area contributed by atoms with E-state index in [2.05, 4.69) is 22.6 Å². The summed E-state index contributed by atoms with van der Waals surface area (Å²) in [5.74, 6) is 2.10. The first-order valence-electron chi connectivity index (χ1n) is 9.39. The number of rotatable bonds is 4. The van der Waals surface area contributed by atoms with E-state index in [9.17, 15) is 4.79 Å². The first kappa shape index (κ1) is 15.5. The van der Waals surface area contributed by atoms with Gasteiger partial charge in [-0.15, -0.1) is 5.48 Å². The highest BCUT2D eigenvalue weighted by Crippen LogP contribution is 2.38. The van der Waals surface area contributed by atoms with E-state index in [1.165, 1.54) is 44.9 Å². The Balaban J connectivity index is 1.30. The molecule has 0 bridgehead atoms. The van der Waals surface area contributed by atoms with Crippen molar-refractivity contribution in [3.05, 3.63) is 11.8 Å². The van der Waals surface area contributed by atoms with Gasteiger partial charge in [0.25, 0.3) is 0 Å². The number of nitrogens with zero attached hydrogens (tertiary/aromatic N) is 1. The Morgan fingerprint density at radius 2 is 2.00 bits per heavy atom. The van der Waals surface area contributed by atoms with E-state index in [1.54, 1.807) is 0 Å². The van der Waals surface area contributed by atoms with Gasteiger partial charge >= 0.3 is 0 Å². The Morgan fingerprint density at radius 3 is 2.74 bits per heavy atom. The number of hydrogen-bond donors (Lipinski definition) is 2. The first-order chi connectivity index (χ1) is 11.2. The molecule has 0 spiro atoms. The third kappa shape index (κ3) is 3.41. The van der Waals surface area contributed by atoms with Crippen LogP contribution in [-0.2, 0) is 9.63 Å². The maximum Gasteiger partial charge on any atom is 0.244 e. The molecule has 5 nitrogen and oxygen atoms in total. The number of likely N-dealkylation sites (tertiary alicyclic amines) is 1. The van der Waals surface area contributed by atoms with Crippen molar-refractivity contribution in [2.75, 3.05) is 13.1 Å². The zero-order valence-corrected chi connectivity index (χ0v) is 14.1. The Morgan fingerprint density at radius 1 is 1.22 bits per heavy atom. The highest BCUT2D eigenvalue weighted by molar-refractivity contribution is 5.84. The van der Waals surface area contributed by atoms with E-state index in [1.807, 2.05) is 6.08 Å². The van der Waals surface area contributed by atoms with Crippen LogP contribution >= 0.6 is 0 Å². The predicted octanol–water partition coefficient (Wildman–Crippen LogP) is 1.95. The molecule has 4 aliphatic rings. The zero-order valence-electron chi connectivity index (χ0n) is 14.1. The summed E-state index contributed by atoms with van der Waals surface area (Å²) in [5.41, 5.74) is 2.87. The molecule has 3 atom stereocenters. The van der Waals surface area contributed by atoms with Crippen LogP contribution in [0.15, 0.2) is 11.8 Å². The first-order valence-corrected chi connectivity index (χ1v) is 9.39. The number of carbonyl (C=O) groups is 1. The van der Waals surface area contributed by atoms with E-state index < -0.39 is 0 Å². The summed E-state index contributed by atoms with van der Waals surface area (Å²) >= 11 is 0. The van der Waals surface area contributed by atoms with Gasteiger partial charge in [0, 0.05) is 31.1 Å². The topological polar surface area (TPSA) is 53.6 Å². The molecule has 5 heteroatoms. The maximum atomic E-state index is 12.5. The van der Waals surface area contributed by atoms with Gasteiger partial charge in [0.15, 0.2) is 0 Å². The quantitative estimate of drug-likeness (QED) is 0.832. The lowest BCUT2D eigenvalue weighted by atomic mass is 9.94. The average molecular weight is 319 g/mol. The lowest BCUT2D eigenvalue weighted by Gasteiger charge is -2.31. The van der Waals surface area contributed by atoms with Gasteiger partial charge in [-0.25, -0.2) is 0 Å². The van der Waals surface area contributed by atoms with Crippen LogP contribution in [-0.4, -0.2) is 42.0 Å². The molecule has 128 valence electrons. The monoisotopic (exact) mass is 319 g/mol. The van der Waals surface area contributed by atoms with Crippen molar-refractivity contribution in [1.82, 2.24) is 15.7 Å². The third-order valence-electron chi connectivity index (χ3n) is 5.96. The SMILES string of the molecule is CC1CN(C2CCCCC2)CC1NC(=O)C1C=C(C2CC2)ON1. The molecule has 0 aromatic heterocycles. The standard InChI is InChI=1S/C18H29N3O2/c1-12-10-21(14-5-3-2-4-6-14)11-16(12)19-18(22)15-9-17(23-20-15)13-7-8-13/h9,12-16,20H,2-8,10-11H2,1H3,(H,19,22). The molecule has 0 aromatic rings. The van der Waals surface area contributed by atoms with Gasteiger partial charge < -0.3 is 10.2 Å². The average Bonchev–Trinajstić information content (AvgIpc) is 3.18. The fourth-order valence-electron chi connectivity index (χ4n) is 4.29. The van der Waals surface area contributed by atoms with Crippen LogP contribution in [0.5, 0.6) is 0 Å². The molecule has 3 fully saturated rings. The molecule has 2 aliphatic carbocycles. The molecule has 1 saturated heterocycles. The molecule has 23 heavy (non-hydrogen) atoms. The highest BCUT2D eigenvalue weighted by atomic mass is 16.7. The van der Waals surface area contributed by atoms with Crippen LogP contribution in [0.4, 0.5) is 0 Å². The molecular formula is C18H29N3O2. The Kier molecular flexibility index (Phi) is 4.33. The van der Waals surface area contributed by atoms with Crippen molar-refractivity contribution < 1.29 is 9.63 Å². The Labute approximate surface area is 138 Å². The summed E-state index contributed by atoms with van der Waals surface area (Å²) in [6.07, 6.45) is 11.1. The molecule has 0 radical (unpaired) electrons. The van der Waals surface area contributed by atoms with Gasteiger partial charge in [0.2, 0.25) is 5.91 Å². The summed E-state index contributed by atoms with van der Waals surface area (Å²) in [6.45, 7) is 4.38. The van der Waals surface area contributed by atoms with E-state index in [0.717, 1.165) is 24.9 Å². The summed E-state index contributed by atoms with van der Waals surface area (Å²) < 4.78 is 0. The van der Waals surface area contributed by atoms with Crippen LogP contribution in [0.3, 0.4) is 0 Å². The molecule has 4 rings (SSSR count). The molecule has 2 heterocycles. The van der Waals surface area contributed by atoms with Gasteiger partial charge in [0.1, 0.15) is 11.8 Å². The smallest absolute Gasteiger partial charge is 0.244 e. The van der Waals surface area contributed by atoms with Crippen molar-refractivity contribution >= 4 is 5.91 Å². The maximum absolute atomic E-state index is 12.5. The second kappa shape index (κ2) is 6.44. The van der Waals surface area contributed by atoms with Crippen LogP contribution in [0, 0.1) is 11.8 Å². The number of allylic oxidation sites excluding steroid dienone is 1. The Hall–Kier alpha value is -1.07. The fourth-order valence-corrected chi connectivity index (χ4v) is 4.29. The number of hydrogen-bond acceptors (Lipinski definition) is 4. The van der Waals surface area contributed by atoms with Crippen molar-refractivity contribution in [2.45, 2.75) is 70.0 Å². The van der Waals surface area contributed by atoms with Crippen molar-refractivity contribution in [2.24, 2.45) is 11.8 Å². The molecule has 0 aromatic carbocycles. The number of amides is 1. The minimum Gasteiger partial charge on any atom is -0.412 e. The normalized spacial score (nSPS) is 35.9. The minimum atomic E-state index is -0.318. The molecule has 3 unspecified atom stereocenters. The largest absolute Gasteiger partial charge is 0.412 e. The van der Waals surface area contributed by atoms with Crippen LogP contribution < -0.4 is 10.8 Å². The minimum absolute atomic E-state index is 0.0583. The van der Waals surface area contributed by atoms with Gasteiger partial charge in [0.05, 0.1) is 0 Å². The zero-order chi connectivity index (χ0) is 15.8. The van der Waals surface area contributed by atoms with Crippen molar-refractivity contribution in [3.63, 3.8) is 0 Å². The third-order valence-corrected chi connectivity index (χ3v) is 5.96. The van der Waals surface area contributed by atoms with Crippen molar-refractivity contribution in [3.8, 4) is 0 Å². The lowest BCUT2D eigenvalue weighted by Crippen LogP contribution is -2.48. The Bertz CT molecular complexity index is 483. The van der Waals surface area contributed by atoms with E-state index in [-0.39, 0.29) is 18.0 Å². The molecule has 2 saturated carbocycles. The van der Waals surface area contributed by atoms with Crippen LogP contribution in [0.25, 0.3) is 0 Å². The molecule has 2 aliphatic heterocycles. The number of nitrogens with one attached hydrogen (secondary N) is 2. The van der Waals surface area contributed by atoms with Crippen LogP contribution in [0.2, 0.25) is 0 Å².